The second-order valence-electron chi connectivity index (χ2n) is 6.34. The fourth-order valence-electron chi connectivity index (χ4n) is 2.78. The van der Waals surface area contributed by atoms with Gasteiger partial charge in [-0.1, -0.05) is 12.1 Å². The summed E-state index contributed by atoms with van der Waals surface area (Å²) in [4.78, 5) is 8.61. The predicted octanol–water partition coefficient (Wildman–Crippen LogP) is 2.14. The number of guanidine groups is 1. The van der Waals surface area contributed by atoms with E-state index in [1.165, 1.54) is 6.33 Å². The van der Waals surface area contributed by atoms with E-state index in [-0.39, 0.29) is 30.1 Å². The standard InChI is InChI=1S/C19H28N6O2.HI/c1-2-21-19(22-9-3-10-27-18-8-11-26-13-18)23-12-16-4-6-17(7-5-16)25-15-20-14-24-25;/h4-7,14-15,18H,2-3,8-13H2,1H3,(H2,21,22,23);1H. The van der Waals surface area contributed by atoms with Gasteiger partial charge in [0.2, 0.25) is 0 Å². The van der Waals surface area contributed by atoms with Crippen LogP contribution in [-0.2, 0) is 16.0 Å². The molecule has 2 aromatic rings. The molecule has 0 aliphatic carbocycles. The Kier molecular flexibility index (Phi) is 10.2. The number of aromatic nitrogens is 3. The summed E-state index contributed by atoms with van der Waals surface area (Å²) >= 11 is 0. The minimum Gasteiger partial charge on any atom is -0.379 e. The highest BCUT2D eigenvalue weighted by Crippen LogP contribution is 2.09. The van der Waals surface area contributed by atoms with Crippen LogP contribution in [0.1, 0.15) is 25.3 Å². The summed E-state index contributed by atoms with van der Waals surface area (Å²) in [6.07, 6.45) is 5.43. The van der Waals surface area contributed by atoms with Crippen molar-refractivity contribution in [3.63, 3.8) is 0 Å². The Balaban J connectivity index is 0.00000280. The Morgan fingerprint density at radius 2 is 2.18 bits per heavy atom. The third-order valence-corrected chi connectivity index (χ3v) is 4.24. The topological polar surface area (TPSA) is 85.6 Å². The quantitative estimate of drug-likeness (QED) is 0.238. The maximum absolute atomic E-state index is 5.78. The van der Waals surface area contributed by atoms with Crippen molar-refractivity contribution in [2.24, 2.45) is 4.99 Å². The minimum atomic E-state index is 0. The molecule has 1 aromatic heterocycles. The van der Waals surface area contributed by atoms with Crippen LogP contribution >= 0.6 is 24.0 Å². The lowest BCUT2D eigenvalue weighted by molar-refractivity contribution is 0.0420. The van der Waals surface area contributed by atoms with Crippen LogP contribution in [0, 0.1) is 0 Å². The largest absolute Gasteiger partial charge is 0.379 e. The van der Waals surface area contributed by atoms with Crippen LogP contribution in [0.3, 0.4) is 0 Å². The molecule has 1 aromatic carbocycles. The van der Waals surface area contributed by atoms with Gasteiger partial charge >= 0.3 is 0 Å². The third kappa shape index (κ3) is 7.36. The van der Waals surface area contributed by atoms with Gasteiger partial charge in [0.1, 0.15) is 12.7 Å². The average Bonchev–Trinajstić information content (AvgIpc) is 3.40. The minimum absolute atomic E-state index is 0. The molecule has 1 fully saturated rings. The Bertz CT molecular complexity index is 687. The smallest absolute Gasteiger partial charge is 0.191 e. The van der Waals surface area contributed by atoms with Gasteiger partial charge in [0.05, 0.1) is 24.9 Å². The molecule has 8 nitrogen and oxygen atoms in total. The maximum Gasteiger partial charge on any atom is 0.191 e. The van der Waals surface area contributed by atoms with E-state index in [1.54, 1.807) is 11.0 Å². The van der Waals surface area contributed by atoms with Crippen molar-refractivity contribution in [2.75, 3.05) is 32.9 Å². The molecule has 9 heteroatoms. The van der Waals surface area contributed by atoms with Crippen molar-refractivity contribution < 1.29 is 9.47 Å². The van der Waals surface area contributed by atoms with Crippen LogP contribution in [0.15, 0.2) is 41.9 Å². The van der Waals surface area contributed by atoms with E-state index in [9.17, 15) is 0 Å². The van der Waals surface area contributed by atoms with Crippen LogP contribution in [0.2, 0.25) is 0 Å². The molecule has 0 amide bonds. The van der Waals surface area contributed by atoms with Crippen molar-refractivity contribution in [3.8, 4) is 5.69 Å². The lowest BCUT2D eigenvalue weighted by atomic mass is 10.2. The predicted molar refractivity (Wildman–Crippen MR) is 119 cm³/mol. The normalized spacial score (nSPS) is 16.6. The number of hydrogen-bond acceptors (Lipinski definition) is 5. The van der Waals surface area contributed by atoms with E-state index in [2.05, 4.69) is 44.8 Å². The lowest BCUT2D eigenvalue weighted by Gasteiger charge is -2.13. The van der Waals surface area contributed by atoms with Crippen LogP contribution in [0.25, 0.3) is 5.69 Å². The molecule has 1 aliphatic rings. The van der Waals surface area contributed by atoms with E-state index < -0.39 is 0 Å². The van der Waals surface area contributed by atoms with Gasteiger partial charge in [-0.25, -0.2) is 14.7 Å². The van der Waals surface area contributed by atoms with Crippen molar-refractivity contribution >= 4 is 29.9 Å². The molecule has 2 N–H and O–H groups in total. The number of aliphatic imine (C=N–C) groups is 1. The summed E-state index contributed by atoms with van der Waals surface area (Å²) in [5.41, 5.74) is 2.12. The van der Waals surface area contributed by atoms with Crippen LogP contribution in [0.5, 0.6) is 0 Å². The van der Waals surface area contributed by atoms with Gasteiger partial charge in [-0.05, 0) is 37.5 Å². The molecule has 3 rings (SSSR count). The first-order chi connectivity index (χ1) is 13.3. The molecular weight excluding hydrogens is 471 g/mol. The number of benzene rings is 1. The molecule has 0 saturated carbocycles. The summed E-state index contributed by atoms with van der Waals surface area (Å²) in [7, 11) is 0. The SMILES string of the molecule is CCNC(=NCc1ccc(-n2cncn2)cc1)NCCCOC1CCOC1.I. The highest BCUT2D eigenvalue weighted by molar-refractivity contribution is 14.0. The molecule has 0 bridgehead atoms. The van der Waals surface area contributed by atoms with Gasteiger partial charge in [0, 0.05) is 26.3 Å². The van der Waals surface area contributed by atoms with E-state index in [1.807, 2.05) is 12.1 Å². The van der Waals surface area contributed by atoms with Gasteiger partial charge in [-0.15, -0.1) is 24.0 Å². The molecule has 1 aliphatic heterocycles. The number of ether oxygens (including phenoxy) is 2. The highest BCUT2D eigenvalue weighted by Gasteiger charge is 2.15. The first-order valence-corrected chi connectivity index (χ1v) is 9.50. The lowest BCUT2D eigenvalue weighted by Crippen LogP contribution is -2.38. The van der Waals surface area contributed by atoms with E-state index in [0.717, 1.165) is 63.0 Å². The molecular formula is C19H29IN6O2. The Morgan fingerprint density at radius 3 is 2.86 bits per heavy atom. The number of halogens is 1. The fourth-order valence-corrected chi connectivity index (χ4v) is 2.78. The monoisotopic (exact) mass is 500 g/mol. The summed E-state index contributed by atoms with van der Waals surface area (Å²) < 4.78 is 12.8. The highest BCUT2D eigenvalue weighted by atomic mass is 127. The molecule has 2 heterocycles. The Labute approximate surface area is 183 Å². The zero-order valence-corrected chi connectivity index (χ0v) is 18.5. The van der Waals surface area contributed by atoms with Gasteiger partial charge in [-0.3, -0.25) is 0 Å². The molecule has 1 unspecified atom stereocenters. The molecule has 154 valence electrons. The summed E-state index contributed by atoms with van der Waals surface area (Å²) in [5, 5.41) is 10.8. The number of nitrogens with zero attached hydrogens (tertiary/aromatic N) is 4. The molecule has 28 heavy (non-hydrogen) atoms. The van der Waals surface area contributed by atoms with Gasteiger partial charge < -0.3 is 20.1 Å². The van der Waals surface area contributed by atoms with Gasteiger partial charge in [-0.2, -0.15) is 5.10 Å². The van der Waals surface area contributed by atoms with Crippen molar-refractivity contribution in [3.05, 3.63) is 42.5 Å². The summed E-state index contributed by atoms with van der Waals surface area (Å²) in [6.45, 7) is 6.62. The van der Waals surface area contributed by atoms with Gasteiger partial charge in [0.25, 0.3) is 0 Å². The van der Waals surface area contributed by atoms with Crippen LogP contribution in [0.4, 0.5) is 0 Å². The second kappa shape index (κ2) is 12.7. The van der Waals surface area contributed by atoms with Crippen molar-refractivity contribution in [1.82, 2.24) is 25.4 Å². The van der Waals surface area contributed by atoms with E-state index in [4.69, 9.17) is 9.47 Å². The van der Waals surface area contributed by atoms with E-state index >= 15 is 0 Å². The second-order valence-corrected chi connectivity index (χ2v) is 6.34. The average molecular weight is 500 g/mol. The van der Waals surface area contributed by atoms with E-state index in [0.29, 0.717) is 6.54 Å². The number of hydrogen-bond donors (Lipinski definition) is 2. The van der Waals surface area contributed by atoms with Gasteiger partial charge in [0.15, 0.2) is 5.96 Å². The first kappa shape index (κ1) is 22.6. The zero-order chi connectivity index (χ0) is 18.7. The molecule has 0 spiro atoms. The van der Waals surface area contributed by atoms with Crippen LogP contribution in [-0.4, -0.2) is 59.7 Å². The molecule has 0 radical (unpaired) electrons. The van der Waals surface area contributed by atoms with Crippen LogP contribution < -0.4 is 10.6 Å². The molecule has 1 saturated heterocycles. The summed E-state index contributed by atoms with van der Waals surface area (Å²) in [5.74, 6) is 0.821. The summed E-state index contributed by atoms with van der Waals surface area (Å²) in [6, 6.07) is 8.15. The fraction of sp³-hybridized carbons (Fsp3) is 0.526. The Hall–Kier alpha value is -1.72. The maximum atomic E-state index is 5.78. The Morgan fingerprint density at radius 1 is 1.32 bits per heavy atom. The zero-order valence-electron chi connectivity index (χ0n) is 16.2. The van der Waals surface area contributed by atoms with Crippen molar-refractivity contribution in [2.45, 2.75) is 32.4 Å². The molecule has 1 atom stereocenters. The first-order valence-electron chi connectivity index (χ1n) is 9.50. The third-order valence-electron chi connectivity index (χ3n) is 4.24. The number of nitrogens with one attached hydrogen (secondary N) is 2. The van der Waals surface area contributed by atoms with Crippen molar-refractivity contribution in [1.29, 1.82) is 0 Å². The number of rotatable bonds is 9.